The van der Waals surface area contributed by atoms with Gasteiger partial charge in [0, 0.05) is 49.2 Å². The van der Waals surface area contributed by atoms with Crippen molar-refractivity contribution in [2.24, 2.45) is 5.92 Å². The molecule has 0 spiro atoms. The van der Waals surface area contributed by atoms with Gasteiger partial charge in [-0.05, 0) is 36.3 Å². The molecule has 2 saturated heterocycles. The molecular weight excluding hydrogens is 410 g/mol. The Hall–Kier alpha value is -3.11. The molecule has 2 fully saturated rings. The molecule has 0 bridgehead atoms. The number of nitrogens with zero attached hydrogens (tertiary/aromatic N) is 7. The van der Waals surface area contributed by atoms with Crippen molar-refractivity contribution < 1.29 is 14.6 Å². The summed E-state index contributed by atoms with van der Waals surface area (Å²) in [6.45, 7) is 4.72. The molecular formula is C22H27N7O3. The molecule has 10 nitrogen and oxygen atoms in total. The summed E-state index contributed by atoms with van der Waals surface area (Å²) < 4.78 is 10.7. The first-order chi connectivity index (χ1) is 15.7. The predicted molar refractivity (Wildman–Crippen MR) is 119 cm³/mol. The molecule has 0 saturated carbocycles. The third-order valence-corrected chi connectivity index (χ3v) is 6.28. The van der Waals surface area contributed by atoms with Crippen LogP contribution < -0.4 is 14.5 Å². The Morgan fingerprint density at radius 2 is 1.97 bits per heavy atom. The van der Waals surface area contributed by atoms with Crippen LogP contribution in [0.2, 0.25) is 0 Å². The quantitative estimate of drug-likeness (QED) is 0.632. The van der Waals surface area contributed by atoms with E-state index in [1.807, 2.05) is 0 Å². The number of rotatable bonds is 5. The number of ether oxygens (including phenoxy) is 2. The third-order valence-electron chi connectivity index (χ3n) is 6.28. The van der Waals surface area contributed by atoms with E-state index in [9.17, 15) is 5.11 Å². The van der Waals surface area contributed by atoms with Crippen molar-refractivity contribution in [2.45, 2.75) is 18.9 Å². The molecule has 10 heteroatoms. The van der Waals surface area contributed by atoms with Crippen LogP contribution >= 0.6 is 0 Å². The minimum absolute atomic E-state index is 0.00259. The van der Waals surface area contributed by atoms with Crippen LogP contribution in [-0.4, -0.2) is 77.2 Å². The van der Waals surface area contributed by atoms with Gasteiger partial charge in [0.15, 0.2) is 5.82 Å². The van der Waals surface area contributed by atoms with E-state index in [1.54, 1.807) is 13.2 Å². The van der Waals surface area contributed by atoms with Gasteiger partial charge in [0.25, 0.3) is 0 Å². The maximum Gasteiger partial charge on any atom is 0.162 e. The van der Waals surface area contributed by atoms with E-state index in [4.69, 9.17) is 9.47 Å². The monoisotopic (exact) mass is 437 g/mol. The Bertz CT molecular complexity index is 1080. The highest BCUT2D eigenvalue weighted by atomic mass is 16.5. The second-order valence-corrected chi connectivity index (χ2v) is 8.23. The van der Waals surface area contributed by atoms with E-state index in [0.29, 0.717) is 18.0 Å². The summed E-state index contributed by atoms with van der Waals surface area (Å²) in [5.41, 5.74) is 2.47. The number of morpholine rings is 1. The highest BCUT2D eigenvalue weighted by molar-refractivity contribution is 5.91. The molecule has 1 aromatic carbocycles. The zero-order valence-electron chi connectivity index (χ0n) is 18.1. The summed E-state index contributed by atoms with van der Waals surface area (Å²) >= 11 is 0. The molecule has 32 heavy (non-hydrogen) atoms. The van der Waals surface area contributed by atoms with Crippen LogP contribution in [0.5, 0.6) is 5.75 Å². The first kappa shape index (κ1) is 20.8. The summed E-state index contributed by atoms with van der Waals surface area (Å²) in [6.07, 6.45) is 2.65. The molecule has 2 aliphatic heterocycles. The Labute approximate surface area is 186 Å². The number of anilines is 2. The lowest BCUT2D eigenvalue weighted by molar-refractivity contribution is 0.0929. The molecule has 0 aliphatic carbocycles. The maximum atomic E-state index is 11.0. The lowest BCUT2D eigenvalue weighted by atomic mass is 9.90. The van der Waals surface area contributed by atoms with E-state index in [0.717, 1.165) is 68.1 Å². The third kappa shape index (κ3) is 4.15. The Kier molecular flexibility index (Phi) is 5.95. The van der Waals surface area contributed by atoms with E-state index in [2.05, 4.69) is 53.6 Å². The summed E-state index contributed by atoms with van der Waals surface area (Å²) in [4.78, 5) is 4.49. The molecule has 2 aromatic heterocycles. The summed E-state index contributed by atoms with van der Waals surface area (Å²) in [7, 11) is 1.58. The van der Waals surface area contributed by atoms with E-state index in [1.165, 1.54) is 6.20 Å². The van der Waals surface area contributed by atoms with Crippen LogP contribution in [0, 0.1) is 5.92 Å². The normalized spacial score (nSPS) is 20.4. The molecule has 2 atom stereocenters. The number of methoxy groups -OCH3 is 1. The van der Waals surface area contributed by atoms with Gasteiger partial charge in [0.2, 0.25) is 0 Å². The molecule has 0 amide bonds. The SMILES string of the molecule is COc1cnnc([C@@H](O)[C@H]2CCCN(c3nnnc4cc(N5CCOCC5)ccc34)C2)c1. The number of fused-ring (bicyclic) bond motifs is 1. The van der Waals surface area contributed by atoms with Crippen LogP contribution in [0.4, 0.5) is 11.5 Å². The smallest absolute Gasteiger partial charge is 0.162 e. The van der Waals surface area contributed by atoms with Gasteiger partial charge >= 0.3 is 0 Å². The van der Waals surface area contributed by atoms with Crippen molar-refractivity contribution in [2.75, 3.05) is 56.3 Å². The van der Waals surface area contributed by atoms with Gasteiger partial charge in [0.05, 0.1) is 32.2 Å². The van der Waals surface area contributed by atoms with Gasteiger partial charge < -0.3 is 24.4 Å². The molecule has 2 aliphatic rings. The minimum Gasteiger partial charge on any atom is -0.495 e. The van der Waals surface area contributed by atoms with E-state index in [-0.39, 0.29) is 5.92 Å². The largest absolute Gasteiger partial charge is 0.495 e. The van der Waals surface area contributed by atoms with Gasteiger partial charge in [-0.1, -0.05) is 0 Å². The number of piperidine rings is 1. The van der Waals surface area contributed by atoms with Crippen molar-refractivity contribution in [1.29, 1.82) is 0 Å². The zero-order valence-corrected chi connectivity index (χ0v) is 18.1. The fourth-order valence-electron chi connectivity index (χ4n) is 4.53. The number of benzene rings is 1. The summed E-state index contributed by atoms with van der Waals surface area (Å²) in [5, 5.41) is 32.7. The van der Waals surface area contributed by atoms with Crippen molar-refractivity contribution in [3.05, 3.63) is 36.2 Å². The van der Waals surface area contributed by atoms with Crippen LogP contribution in [0.3, 0.4) is 0 Å². The van der Waals surface area contributed by atoms with Crippen molar-refractivity contribution in [3.63, 3.8) is 0 Å². The Balaban J connectivity index is 1.38. The molecule has 168 valence electrons. The summed E-state index contributed by atoms with van der Waals surface area (Å²) in [5.74, 6) is 1.39. The topological polar surface area (TPSA) is 110 Å². The average molecular weight is 438 g/mol. The number of hydrogen-bond acceptors (Lipinski definition) is 10. The van der Waals surface area contributed by atoms with Gasteiger partial charge in [-0.15, -0.1) is 10.2 Å². The van der Waals surface area contributed by atoms with Crippen LogP contribution in [0.15, 0.2) is 30.5 Å². The highest BCUT2D eigenvalue weighted by Crippen LogP contribution is 2.34. The lowest BCUT2D eigenvalue weighted by Gasteiger charge is -2.35. The van der Waals surface area contributed by atoms with E-state index < -0.39 is 6.10 Å². The fourth-order valence-corrected chi connectivity index (χ4v) is 4.53. The maximum absolute atomic E-state index is 11.0. The number of aromatic nitrogens is 5. The lowest BCUT2D eigenvalue weighted by Crippen LogP contribution is -2.39. The zero-order chi connectivity index (χ0) is 21.9. The fraction of sp³-hybridized carbons (Fsp3) is 0.500. The van der Waals surface area contributed by atoms with Crippen LogP contribution in [0.25, 0.3) is 10.9 Å². The van der Waals surface area contributed by atoms with Gasteiger partial charge in [-0.3, -0.25) is 0 Å². The average Bonchev–Trinajstić information content (AvgIpc) is 2.88. The molecule has 4 heterocycles. The van der Waals surface area contributed by atoms with Gasteiger partial charge in [-0.25, -0.2) is 0 Å². The number of aliphatic hydroxyl groups is 1. The van der Waals surface area contributed by atoms with Crippen molar-refractivity contribution in [1.82, 2.24) is 25.6 Å². The second-order valence-electron chi connectivity index (χ2n) is 8.23. The van der Waals surface area contributed by atoms with E-state index >= 15 is 0 Å². The second kappa shape index (κ2) is 9.17. The van der Waals surface area contributed by atoms with Crippen LogP contribution in [0.1, 0.15) is 24.6 Å². The highest BCUT2D eigenvalue weighted by Gasteiger charge is 2.30. The molecule has 1 N–H and O–H groups in total. The Morgan fingerprint density at radius 3 is 2.81 bits per heavy atom. The first-order valence-corrected chi connectivity index (χ1v) is 11.0. The number of hydrogen-bond donors (Lipinski definition) is 1. The molecule has 0 radical (unpaired) electrons. The van der Waals surface area contributed by atoms with Gasteiger partial charge in [-0.2, -0.15) is 10.2 Å². The summed E-state index contributed by atoms with van der Waals surface area (Å²) in [6, 6.07) is 8.00. The molecule has 3 aromatic rings. The predicted octanol–water partition coefficient (Wildman–Crippen LogP) is 1.61. The molecule has 5 rings (SSSR count). The number of aliphatic hydroxyl groups excluding tert-OH is 1. The van der Waals surface area contributed by atoms with Gasteiger partial charge in [0.1, 0.15) is 17.4 Å². The van der Waals surface area contributed by atoms with Crippen molar-refractivity contribution in [3.8, 4) is 5.75 Å². The molecule has 0 unspecified atom stereocenters. The Morgan fingerprint density at radius 1 is 1.09 bits per heavy atom. The standard InChI is InChI=1S/C22H27N7O3/c1-31-17-12-20(24-23-13-17)21(30)15-3-2-6-29(14-15)22-18-5-4-16(11-19(18)25-27-26-22)28-7-9-32-10-8-28/h4-5,11-13,15,21,30H,2-3,6-10,14H2,1H3/t15-,21-/m0/s1. The first-order valence-electron chi connectivity index (χ1n) is 11.0. The minimum atomic E-state index is -0.727. The van der Waals surface area contributed by atoms with Crippen molar-refractivity contribution >= 4 is 22.4 Å². The van der Waals surface area contributed by atoms with Crippen LogP contribution in [-0.2, 0) is 4.74 Å².